The van der Waals surface area contributed by atoms with E-state index in [9.17, 15) is 0 Å². The Kier molecular flexibility index (Phi) is 6.76. The standard InChI is InChI=1S/C18H40O3Si2/c1-17(2,3)22(7,8)20-14-16(12-11-15-13-19-15)21-23(9,10)18(4,5)6/h15-16H,11-14H2,1-10H3. The number of epoxide rings is 1. The summed E-state index contributed by atoms with van der Waals surface area (Å²) in [7, 11) is -3.49. The summed E-state index contributed by atoms with van der Waals surface area (Å²) in [5.74, 6) is 0. The average molecular weight is 361 g/mol. The van der Waals surface area contributed by atoms with Crippen molar-refractivity contribution in [2.75, 3.05) is 13.2 Å². The number of rotatable bonds is 8. The Hall–Kier alpha value is 0.314. The van der Waals surface area contributed by atoms with Crippen LogP contribution < -0.4 is 0 Å². The van der Waals surface area contributed by atoms with Gasteiger partial charge in [0.15, 0.2) is 16.6 Å². The molecule has 1 aliphatic rings. The largest absolute Gasteiger partial charge is 0.414 e. The minimum absolute atomic E-state index is 0.203. The lowest BCUT2D eigenvalue weighted by molar-refractivity contribution is 0.0967. The molecule has 5 heteroatoms. The van der Waals surface area contributed by atoms with Crippen molar-refractivity contribution >= 4 is 16.6 Å². The van der Waals surface area contributed by atoms with E-state index in [4.69, 9.17) is 13.6 Å². The van der Waals surface area contributed by atoms with Gasteiger partial charge in [-0.25, -0.2) is 0 Å². The van der Waals surface area contributed by atoms with Gasteiger partial charge in [0.2, 0.25) is 0 Å². The number of ether oxygens (including phenoxy) is 1. The lowest BCUT2D eigenvalue weighted by Gasteiger charge is -2.41. The van der Waals surface area contributed by atoms with Crippen LogP contribution in [0.15, 0.2) is 0 Å². The highest BCUT2D eigenvalue weighted by Crippen LogP contribution is 2.39. The van der Waals surface area contributed by atoms with Crippen molar-refractivity contribution in [1.29, 1.82) is 0 Å². The van der Waals surface area contributed by atoms with Gasteiger partial charge in [0.1, 0.15) is 0 Å². The molecule has 0 radical (unpaired) electrons. The van der Waals surface area contributed by atoms with Gasteiger partial charge in [-0.05, 0) is 49.1 Å². The van der Waals surface area contributed by atoms with Gasteiger partial charge in [-0.2, -0.15) is 0 Å². The molecule has 0 bridgehead atoms. The van der Waals surface area contributed by atoms with Crippen LogP contribution in [0.2, 0.25) is 36.3 Å². The summed E-state index contributed by atoms with van der Waals surface area (Å²) in [6.07, 6.45) is 2.81. The van der Waals surface area contributed by atoms with Crippen LogP contribution in [0.5, 0.6) is 0 Å². The van der Waals surface area contributed by atoms with E-state index in [-0.39, 0.29) is 16.2 Å². The van der Waals surface area contributed by atoms with E-state index in [2.05, 4.69) is 67.7 Å². The molecule has 1 heterocycles. The summed E-state index contributed by atoms with van der Waals surface area (Å²) >= 11 is 0. The van der Waals surface area contributed by atoms with Crippen molar-refractivity contribution in [1.82, 2.24) is 0 Å². The van der Waals surface area contributed by atoms with Gasteiger partial charge in [-0.1, -0.05) is 41.5 Å². The lowest BCUT2D eigenvalue weighted by atomic mass is 10.2. The van der Waals surface area contributed by atoms with Crippen molar-refractivity contribution in [3.05, 3.63) is 0 Å². The van der Waals surface area contributed by atoms with Gasteiger partial charge in [0.05, 0.1) is 25.4 Å². The molecule has 3 nitrogen and oxygen atoms in total. The van der Waals surface area contributed by atoms with E-state index in [1.165, 1.54) is 0 Å². The Morgan fingerprint density at radius 1 is 0.957 bits per heavy atom. The topological polar surface area (TPSA) is 31.0 Å². The zero-order chi connectivity index (χ0) is 18.1. The summed E-state index contributed by atoms with van der Waals surface area (Å²) in [4.78, 5) is 0. The van der Waals surface area contributed by atoms with Crippen molar-refractivity contribution in [3.63, 3.8) is 0 Å². The predicted octanol–water partition coefficient (Wildman–Crippen LogP) is 5.58. The minimum atomic E-state index is -1.77. The van der Waals surface area contributed by atoms with Crippen molar-refractivity contribution in [3.8, 4) is 0 Å². The average Bonchev–Trinajstić information content (AvgIpc) is 3.13. The number of hydrogen-bond acceptors (Lipinski definition) is 3. The van der Waals surface area contributed by atoms with Crippen LogP contribution in [0, 0.1) is 0 Å². The second kappa shape index (κ2) is 7.28. The van der Waals surface area contributed by atoms with Crippen LogP contribution in [-0.2, 0) is 13.6 Å². The monoisotopic (exact) mass is 360 g/mol. The van der Waals surface area contributed by atoms with Crippen molar-refractivity contribution in [2.45, 2.75) is 103 Å². The molecule has 138 valence electrons. The van der Waals surface area contributed by atoms with E-state index in [1.807, 2.05) is 0 Å². The Morgan fingerprint density at radius 2 is 1.43 bits per heavy atom. The number of hydrogen-bond donors (Lipinski definition) is 0. The van der Waals surface area contributed by atoms with Gasteiger partial charge in [0, 0.05) is 0 Å². The van der Waals surface area contributed by atoms with E-state index >= 15 is 0 Å². The summed E-state index contributed by atoms with van der Waals surface area (Å²) in [5.41, 5.74) is 0. The van der Waals surface area contributed by atoms with E-state index in [0.717, 1.165) is 26.1 Å². The van der Waals surface area contributed by atoms with E-state index < -0.39 is 16.6 Å². The molecule has 0 aromatic heterocycles. The first kappa shape index (κ1) is 21.4. The maximum Gasteiger partial charge on any atom is 0.192 e. The molecule has 23 heavy (non-hydrogen) atoms. The van der Waals surface area contributed by atoms with Gasteiger partial charge < -0.3 is 13.6 Å². The molecule has 0 aromatic rings. The SMILES string of the molecule is CC(C)(C)[Si](C)(C)OCC(CCC1CO1)O[Si](C)(C)C(C)(C)C. The first-order valence-electron chi connectivity index (χ1n) is 9.09. The highest BCUT2D eigenvalue weighted by atomic mass is 28.4. The third-order valence-corrected chi connectivity index (χ3v) is 15.0. The van der Waals surface area contributed by atoms with Gasteiger partial charge >= 0.3 is 0 Å². The zero-order valence-electron chi connectivity index (χ0n) is 17.2. The fraction of sp³-hybridized carbons (Fsp3) is 1.00. The third kappa shape index (κ3) is 6.61. The summed E-state index contributed by atoms with van der Waals surface area (Å²) in [6, 6.07) is 0. The van der Waals surface area contributed by atoms with Gasteiger partial charge in [-0.15, -0.1) is 0 Å². The molecule has 2 atom stereocenters. The molecule has 0 amide bonds. The molecular formula is C18H40O3Si2. The first-order valence-corrected chi connectivity index (χ1v) is 14.9. The van der Waals surface area contributed by atoms with Crippen LogP contribution in [0.25, 0.3) is 0 Å². The molecule has 0 saturated carbocycles. The first-order chi connectivity index (χ1) is 10.2. The van der Waals surface area contributed by atoms with Gasteiger partial charge in [-0.3, -0.25) is 0 Å². The predicted molar refractivity (Wildman–Crippen MR) is 104 cm³/mol. The Balaban J connectivity index is 2.68. The lowest BCUT2D eigenvalue weighted by Crippen LogP contribution is -2.47. The molecule has 0 spiro atoms. The Bertz CT molecular complexity index is 377. The van der Waals surface area contributed by atoms with Gasteiger partial charge in [0.25, 0.3) is 0 Å². The van der Waals surface area contributed by atoms with Crippen LogP contribution >= 0.6 is 0 Å². The molecule has 0 aliphatic carbocycles. The highest BCUT2D eigenvalue weighted by molar-refractivity contribution is 6.74. The van der Waals surface area contributed by atoms with Crippen LogP contribution in [-0.4, -0.2) is 42.1 Å². The highest BCUT2D eigenvalue weighted by Gasteiger charge is 2.41. The molecule has 1 fully saturated rings. The van der Waals surface area contributed by atoms with Crippen molar-refractivity contribution in [2.24, 2.45) is 0 Å². The normalized spacial score (nSPS) is 21.4. The summed E-state index contributed by atoms with van der Waals surface area (Å²) in [6.45, 7) is 24.7. The summed E-state index contributed by atoms with van der Waals surface area (Å²) in [5, 5.41) is 0.479. The molecule has 1 saturated heterocycles. The summed E-state index contributed by atoms with van der Waals surface area (Å²) < 4.78 is 18.5. The van der Waals surface area contributed by atoms with E-state index in [0.29, 0.717) is 6.10 Å². The molecule has 2 unspecified atom stereocenters. The maximum atomic E-state index is 6.67. The second-order valence-corrected chi connectivity index (χ2v) is 19.7. The van der Waals surface area contributed by atoms with Crippen LogP contribution in [0.3, 0.4) is 0 Å². The Morgan fingerprint density at radius 3 is 1.83 bits per heavy atom. The smallest absolute Gasteiger partial charge is 0.192 e. The third-order valence-electron chi connectivity index (χ3n) is 5.92. The molecule has 0 aromatic carbocycles. The molecule has 1 rings (SSSR count). The van der Waals surface area contributed by atoms with Crippen molar-refractivity contribution < 1.29 is 13.6 Å². The van der Waals surface area contributed by atoms with Crippen LogP contribution in [0.1, 0.15) is 54.4 Å². The zero-order valence-corrected chi connectivity index (χ0v) is 19.2. The fourth-order valence-electron chi connectivity index (χ4n) is 1.89. The van der Waals surface area contributed by atoms with Crippen LogP contribution in [0.4, 0.5) is 0 Å². The minimum Gasteiger partial charge on any atom is -0.414 e. The quantitative estimate of drug-likeness (QED) is 0.418. The maximum absolute atomic E-state index is 6.67. The molecule has 0 N–H and O–H groups in total. The molecular weight excluding hydrogens is 320 g/mol. The fourth-order valence-corrected chi connectivity index (χ4v) is 4.30. The second-order valence-electron chi connectivity index (χ2n) is 10.1. The Labute approximate surface area is 146 Å². The molecule has 1 aliphatic heterocycles. The van der Waals surface area contributed by atoms with E-state index in [1.54, 1.807) is 0 Å².